The van der Waals surface area contributed by atoms with Crippen molar-refractivity contribution in [3.05, 3.63) is 134 Å². The molecule has 0 saturated heterocycles. The number of hydrogen-bond acceptors (Lipinski definition) is 0. The van der Waals surface area contributed by atoms with Gasteiger partial charge in [0.1, 0.15) is 0 Å². The Morgan fingerprint density at radius 3 is 0.654 bits per heavy atom. The Labute approximate surface area is 159 Å². The summed E-state index contributed by atoms with van der Waals surface area (Å²) in [5.41, 5.74) is 0. The summed E-state index contributed by atoms with van der Waals surface area (Å²) in [7, 11) is 0. The second-order valence-electron chi connectivity index (χ2n) is 5.60. The predicted molar refractivity (Wildman–Crippen MR) is 119 cm³/mol. The van der Waals surface area contributed by atoms with E-state index in [1.165, 1.54) is 12.8 Å². The van der Waals surface area contributed by atoms with E-state index < -0.39 is 0 Å². The minimum atomic E-state index is 1.14. The molecule has 0 atom stereocenters. The molecule has 0 bridgehead atoms. The van der Waals surface area contributed by atoms with Crippen molar-refractivity contribution in [2.24, 2.45) is 0 Å². The molecule has 1 aliphatic carbocycles. The highest BCUT2D eigenvalue weighted by Gasteiger charge is 1.82. The first-order valence-electron chi connectivity index (χ1n) is 9.32. The second kappa shape index (κ2) is 18.5. The van der Waals surface area contributed by atoms with E-state index >= 15 is 0 Å². The van der Waals surface area contributed by atoms with Crippen LogP contribution in [0.25, 0.3) is 0 Å². The van der Waals surface area contributed by atoms with Crippen molar-refractivity contribution in [2.75, 3.05) is 0 Å². The van der Waals surface area contributed by atoms with Crippen LogP contribution >= 0.6 is 0 Å². The van der Waals surface area contributed by atoms with Crippen LogP contribution in [0.1, 0.15) is 25.7 Å². The van der Waals surface area contributed by atoms with Crippen LogP contribution in [0.15, 0.2) is 134 Å². The van der Waals surface area contributed by atoms with Crippen LogP contribution < -0.4 is 0 Å². The van der Waals surface area contributed by atoms with Gasteiger partial charge < -0.3 is 0 Å². The molecule has 0 amide bonds. The molecule has 0 N–H and O–H groups in total. The van der Waals surface area contributed by atoms with Crippen molar-refractivity contribution in [3.63, 3.8) is 0 Å². The largest absolute Gasteiger partial charge is 0.0845 e. The molecule has 0 aliphatic heterocycles. The molecule has 1 aliphatic rings. The van der Waals surface area contributed by atoms with Crippen molar-refractivity contribution < 1.29 is 0 Å². The lowest BCUT2D eigenvalue weighted by Gasteiger charge is -1.91. The van der Waals surface area contributed by atoms with Gasteiger partial charge in [-0.05, 0) is 25.7 Å². The molecule has 1 rings (SSSR count). The highest BCUT2D eigenvalue weighted by atomic mass is 13.9. The molecule has 0 aromatic heterocycles. The maximum Gasteiger partial charge on any atom is -0.0347 e. The Kier molecular flexibility index (Phi) is 15.1. The first-order chi connectivity index (χ1) is 13.0. The summed E-state index contributed by atoms with van der Waals surface area (Å²) < 4.78 is 0. The van der Waals surface area contributed by atoms with Gasteiger partial charge in [0.05, 0.1) is 0 Å². The van der Waals surface area contributed by atoms with Crippen molar-refractivity contribution in [1.29, 1.82) is 0 Å². The molecule has 134 valence electrons. The lowest BCUT2D eigenvalue weighted by atomic mass is 10.2. The standard InChI is InChI=1S/C26H30/c1-2-4-6-8-10-12-14-16-18-20-22-24-26-25-23-21-19-17-15-13-11-9-7-5-3-1/h1-22H,23-26H2. The van der Waals surface area contributed by atoms with E-state index in [1.54, 1.807) is 0 Å². The molecule has 0 heteroatoms. The summed E-state index contributed by atoms with van der Waals surface area (Å²) in [4.78, 5) is 0. The van der Waals surface area contributed by atoms with Gasteiger partial charge in [0.15, 0.2) is 0 Å². The van der Waals surface area contributed by atoms with Gasteiger partial charge in [-0.25, -0.2) is 0 Å². The molecule has 0 heterocycles. The van der Waals surface area contributed by atoms with E-state index in [2.05, 4.69) is 48.6 Å². The SMILES string of the molecule is C1=CC=CC=CC=CC=CC=CCCCCC=CC=CC=CC=CC=C1. The molecule has 0 aromatic rings. The molecule has 0 radical (unpaired) electrons. The van der Waals surface area contributed by atoms with E-state index in [0.717, 1.165) is 12.8 Å². The lowest BCUT2D eigenvalue weighted by molar-refractivity contribution is 0.762. The first-order valence-corrected chi connectivity index (χ1v) is 9.32. The average Bonchev–Trinajstić information content (AvgIpc) is 2.65. The van der Waals surface area contributed by atoms with Crippen LogP contribution in [0.2, 0.25) is 0 Å². The monoisotopic (exact) mass is 342 g/mol. The molecular formula is C26H30. The quantitative estimate of drug-likeness (QED) is 0.423. The molecule has 0 saturated carbocycles. The van der Waals surface area contributed by atoms with Crippen LogP contribution in [-0.2, 0) is 0 Å². The van der Waals surface area contributed by atoms with E-state index in [0.29, 0.717) is 0 Å². The van der Waals surface area contributed by atoms with Gasteiger partial charge in [0.25, 0.3) is 0 Å². The predicted octanol–water partition coefficient (Wildman–Crippen LogP) is 7.68. The fourth-order valence-electron chi connectivity index (χ4n) is 2.03. The van der Waals surface area contributed by atoms with Gasteiger partial charge in [0, 0.05) is 0 Å². The van der Waals surface area contributed by atoms with Crippen molar-refractivity contribution in [3.8, 4) is 0 Å². The zero-order valence-electron chi connectivity index (χ0n) is 15.5. The molecule has 26 heavy (non-hydrogen) atoms. The summed E-state index contributed by atoms with van der Waals surface area (Å²) in [6, 6.07) is 0. The van der Waals surface area contributed by atoms with Crippen LogP contribution in [0.3, 0.4) is 0 Å². The van der Waals surface area contributed by atoms with Crippen molar-refractivity contribution in [1.82, 2.24) is 0 Å². The summed E-state index contributed by atoms with van der Waals surface area (Å²) in [6.07, 6.45) is 50.0. The van der Waals surface area contributed by atoms with Gasteiger partial charge in [-0.3, -0.25) is 0 Å². The number of allylic oxidation sites excluding steroid dienone is 22. The van der Waals surface area contributed by atoms with Gasteiger partial charge in [0.2, 0.25) is 0 Å². The Balaban J connectivity index is 2.55. The molecule has 0 fully saturated rings. The minimum Gasteiger partial charge on any atom is -0.0845 e. The van der Waals surface area contributed by atoms with Crippen LogP contribution in [0.4, 0.5) is 0 Å². The molecular weight excluding hydrogens is 312 g/mol. The maximum absolute atomic E-state index is 2.23. The van der Waals surface area contributed by atoms with Crippen molar-refractivity contribution >= 4 is 0 Å². The first kappa shape index (κ1) is 21.2. The Morgan fingerprint density at radius 1 is 0.231 bits per heavy atom. The summed E-state index contributed by atoms with van der Waals surface area (Å²) >= 11 is 0. The number of hydrogen-bond donors (Lipinski definition) is 0. The summed E-state index contributed by atoms with van der Waals surface area (Å²) in [5, 5.41) is 0. The summed E-state index contributed by atoms with van der Waals surface area (Å²) in [5.74, 6) is 0. The fraction of sp³-hybridized carbons (Fsp3) is 0.154. The molecule has 0 nitrogen and oxygen atoms in total. The van der Waals surface area contributed by atoms with Crippen LogP contribution in [0.5, 0.6) is 0 Å². The van der Waals surface area contributed by atoms with E-state index in [-0.39, 0.29) is 0 Å². The highest BCUT2D eigenvalue weighted by molar-refractivity contribution is 5.22. The third-order valence-electron chi connectivity index (χ3n) is 3.37. The zero-order chi connectivity index (χ0) is 18.4. The Bertz CT molecular complexity index is 592. The number of rotatable bonds is 0. The maximum atomic E-state index is 2.23. The lowest BCUT2D eigenvalue weighted by Crippen LogP contribution is -1.71. The van der Waals surface area contributed by atoms with Crippen LogP contribution in [0, 0.1) is 0 Å². The third kappa shape index (κ3) is 16.0. The van der Waals surface area contributed by atoms with E-state index in [1.807, 2.05) is 85.1 Å². The zero-order valence-corrected chi connectivity index (χ0v) is 15.5. The van der Waals surface area contributed by atoms with E-state index in [4.69, 9.17) is 0 Å². The third-order valence-corrected chi connectivity index (χ3v) is 3.37. The van der Waals surface area contributed by atoms with Gasteiger partial charge >= 0.3 is 0 Å². The normalized spacial score (nSPS) is 17.2. The van der Waals surface area contributed by atoms with Crippen molar-refractivity contribution in [2.45, 2.75) is 25.7 Å². The van der Waals surface area contributed by atoms with Gasteiger partial charge in [-0.15, -0.1) is 0 Å². The van der Waals surface area contributed by atoms with E-state index in [9.17, 15) is 0 Å². The van der Waals surface area contributed by atoms with Crippen LogP contribution in [-0.4, -0.2) is 0 Å². The highest BCUT2D eigenvalue weighted by Crippen LogP contribution is 2.02. The summed E-state index contributed by atoms with van der Waals surface area (Å²) in [6.45, 7) is 0. The Morgan fingerprint density at radius 2 is 0.423 bits per heavy atom. The topological polar surface area (TPSA) is 0 Å². The molecule has 0 unspecified atom stereocenters. The average molecular weight is 343 g/mol. The minimum absolute atomic E-state index is 1.14. The van der Waals surface area contributed by atoms with Gasteiger partial charge in [-0.2, -0.15) is 0 Å². The Hall–Kier alpha value is -2.86. The molecule has 0 spiro atoms. The fourth-order valence-corrected chi connectivity index (χ4v) is 2.03. The van der Waals surface area contributed by atoms with Gasteiger partial charge in [-0.1, -0.05) is 134 Å². The molecule has 0 aromatic carbocycles. The second-order valence-corrected chi connectivity index (χ2v) is 5.60. The smallest absolute Gasteiger partial charge is 0.0347 e.